The molecule has 5 nitrogen and oxygen atoms in total. The number of nitrogens with zero attached hydrogens (tertiary/aromatic N) is 1. The summed E-state index contributed by atoms with van der Waals surface area (Å²) in [6.45, 7) is 2.14. The van der Waals surface area contributed by atoms with Crippen LogP contribution in [-0.4, -0.2) is 25.4 Å². The van der Waals surface area contributed by atoms with Crippen LogP contribution < -0.4 is 15.5 Å². The maximum absolute atomic E-state index is 12.7. The van der Waals surface area contributed by atoms with Gasteiger partial charge in [0, 0.05) is 29.7 Å². The summed E-state index contributed by atoms with van der Waals surface area (Å²) in [7, 11) is 1.73. The van der Waals surface area contributed by atoms with Crippen molar-refractivity contribution in [1.29, 1.82) is 0 Å². The third kappa shape index (κ3) is 4.98. The molecule has 28 heavy (non-hydrogen) atoms. The van der Waals surface area contributed by atoms with Crippen molar-refractivity contribution in [2.75, 3.05) is 29.1 Å². The van der Waals surface area contributed by atoms with Crippen LogP contribution in [0, 0.1) is 6.92 Å². The molecule has 2 amide bonds. The zero-order chi connectivity index (χ0) is 19.9. The van der Waals surface area contributed by atoms with Crippen LogP contribution in [0.15, 0.2) is 78.9 Å². The van der Waals surface area contributed by atoms with Gasteiger partial charge in [0.2, 0.25) is 5.91 Å². The average Bonchev–Trinajstić information content (AvgIpc) is 2.72. The molecule has 0 saturated carbocycles. The number of aryl methyl sites for hydroxylation is 1. The van der Waals surface area contributed by atoms with E-state index < -0.39 is 0 Å². The number of anilines is 3. The predicted molar refractivity (Wildman–Crippen MR) is 114 cm³/mol. The Kier molecular flexibility index (Phi) is 6.07. The zero-order valence-electron chi connectivity index (χ0n) is 16.0. The van der Waals surface area contributed by atoms with E-state index in [-0.39, 0.29) is 18.4 Å². The summed E-state index contributed by atoms with van der Waals surface area (Å²) < 4.78 is 0. The summed E-state index contributed by atoms with van der Waals surface area (Å²) in [5, 5.41) is 5.92. The van der Waals surface area contributed by atoms with Gasteiger partial charge in [-0.3, -0.25) is 9.59 Å². The van der Waals surface area contributed by atoms with Crippen molar-refractivity contribution in [3.8, 4) is 0 Å². The van der Waals surface area contributed by atoms with E-state index in [2.05, 4.69) is 10.6 Å². The third-order valence-electron chi connectivity index (χ3n) is 4.31. The van der Waals surface area contributed by atoms with Crippen LogP contribution in [0.25, 0.3) is 0 Å². The van der Waals surface area contributed by atoms with Crippen molar-refractivity contribution >= 4 is 28.9 Å². The molecule has 0 atom stereocenters. The lowest BCUT2D eigenvalue weighted by molar-refractivity contribution is -0.114. The van der Waals surface area contributed by atoms with Gasteiger partial charge in [0.25, 0.3) is 5.91 Å². The van der Waals surface area contributed by atoms with Crippen LogP contribution >= 0.6 is 0 Å². The highest BCUT2D eigenvalue weighted by Crippen LogP contribution is 2.17. The largest absolute Gasteiger partial charge is 0.376 e. The fraction of sp³-hybridized carbons (Fsp3) is 0.130. The minimum Gasteiger partial charge on any atom is -0.376 e. The van der Waals surface area contributed by atoms with Crippen LogP contribution in [0.3, 0.4) is 0 Å². The second-order valence-electron chi connectivity index (χ2n) is 6.55. The first-order chi connectivity index (χ1) is 13.5. The van der Waals surface area contributed by atoms with E-state index in [0.29, 0.717) is 11.3 Å². The van der Waals surface area contributed by atoms with Crippen molar-refractivity contribution in [3.63, 3.8) is 0 Å². The number of hydrogen-bond acceptors (Lipinski definition) is 3. The maximum atomic E-state index is 12.7. The Hall–Kier alpha value is -3.60. The van der Waals surface area contributed by atoms with Gasteiger partial charge in [0.1, 0.15) is 0 Å². The van der Waals surface area contributed by atoms with Gasteiger partial charge < -0.3 is 15.5 Å². The number of carbonyl (C=O) groups is 2. The molecule has 0 unspecified atom stereocenters. The van der Waals surface area contributed by atoms with Crippen molar-refractivity contribution in [3.05, 3.63) is 90.0 Å². The molecule has 0 aliphatic heterocycles. The number of carbonyl (C=O) groups excluding carboxylic acids is 2. The van der Waals surface area contributed by atoms with Gasteiger partial charge in [-0.1, -0.05) is 36.4 Å². The van der Waals surface area contributed by atoms with E-state index in [4.69, 9.17) is 0 Å². The number of nitrogens with one attached hydrogen (secondary N) is 2. The topological polar surface area (TPSA) is 61.4 Å². The molecule has 0 fully saturated rings. The number of benzene rings is 3. The normalized spacial score (nSPS) is 10.2. The molecule has 2 N–H and O–H groups in total. The number of rotatable bonds is 6. The maximum Gasteiger partial charge on any atom is 0.258 e. The molecule has 0 spiro atoms. The molecule has 0 aliphatic carbocycles. The van der Waals surface area contributed by atoms with E-state index in [1.807, 2.05) is 61.5 Å². The first-order valence-electron chi connectivity index (χ1n) is 9.06. The van der Waals surface area contributed by atoms with Crippen LogP contribution in [0.4, 0.5) is 17.1 Å². The molecular weight excluding hydrogens is 350 g/mol. The molecule has 0 heterocycles. The summed E-state index contributed by atoms with van der Waals surface area (Å²) in [6.07, 6.45) is 0. The Morgan fingerprint density at radius 3 is 2.32 bits per heavy atom. The highest BCUT2D eigenvalue weighted by Gasteiger charge is 2.14. The summed E-state index contributed by atoms with van der Waals surface area (Å²) in [6, 6.07) is 24.2. The molecule has 0 aromatic heterocycles. The Morgan fingerprint density at radius 2 is 1.57 bits per heavy atom. The van der Waals surface area contributed by atoms with Crippen molar-refractivity contribution in [1.82, 2.24) is 0 Å². The van der Waals surface area contributed by atoms with E-state index >= 15 is 0 Å². The molecule has 0 saturated heterocycles. The SMILES string of the molecule is Cc1cccc(NCC(=O)Nc2cccc(C(=O)N(C)c3ccccc3)c2)c1. The van der Waals surface area contributed by atoms with Gasteiger partial charge in [0.15, 0.2) is 0 Å². The third-order valence-corrected chi connectivity index (χ3v) is 4.31. The smallest absolute Gasteiger partial charge is 0.258 e. The predicted octanol–water partition coefficient (Wildman–Crippen LogP) is 4.32. The Morgan fingerprint density at radius 1 is 0.857 bits per heavy atom. The number of amides is 2. The first-order valence-corrected chi connectivity index (χ1v) is 9.06. The Bertz CT molecular complexity index is 970. The summed E-state index contributed by atoms with van der Waals surface area (Å²) in [5.74, 6) is -0.317. The van der Waals surface area contributed by atoms with Gasteiger partial charge in [-0.15, -0.1) is 0 Å². The Labute approximate surface area is 165 Å². The molecule has 3 rings (SSSR count). The summed E-state index contributed by atoms with van der Waals surface area (Å²) in [5.41, 5.74) is 3.92. The van der Waals surface area contributed by atoms with Crippen LogP contribution in [0.2, 0.25) is 0 Å². The minimum atomic E-state index is -0.178. The zero-order valence-corrected chi connectivity index (χ0v) is 16.0. The van der Waals surface area contributed by atoms with Crippen molar-refractivity contribution in [2.45, 2.75) is 6.92 Å². The standard InChI is InChI=1S/C23H23N3O2/c1-17-8-6-10-19(14-17)24-16-22(27)25-20-11-7-9-18(15-20)23(28)26(2)21-12-4-3-5-13-21/h3-15,24H,16H2,1-2H3,(H,25,27). The molecule has 142 valence electrons. The van der Waals surface area contributed by atoms with Gasteiger partial charge in [-0.05, 0) is 55.0 Å². The molecule has 0 bridgehead atoms. The lowest BCUT2D eigenvalue weighted by Crippen LogP contribution is -2.26. The molecule has 0 aliphatic rings. The van der Waals surface area contributed by atoms with Gasteiger partial charge in [0.05, 0.1) is 6.54 Å². The molecule has 3 aromatic rings. The highest BCUT2D eigenvalue weighted by molar-refractivity contribution is 6.06. The quantitative estimate of drug-likeness (QED) is 0.676. The summed E-state index contributed by atoms with van der Waals surface area (Å²) >= 11 is 0. The van der Waals surface area contributed by atoms with Crippen molar-refractivity contribution < 1.29 is 9.59 Å². The molecular formula is C23H23N3O2. The highest BCUT2D eigenvalue weighted by atomic mass is 16.2. The monoisotopic (exact) mass is 373 g/mol. The lowest BCUT2D eigenvalue weighted by Gasteiger charge is -2.17. The van der Waals surface area contributed by atoms with Crippen LogP contribution in [0.5, 0.6) is 0 Å². The first kappa shape index (κ1) is 19.2. The molecule has 3 aromatic carbocycles. The second-order valence-corrected chi connectivity index (χ2v) is 6.55. The van der Waals surface area contributed by atoms with Crippen LogP contribution in [0.1, 0.15) is 15.9 Å². The fourth-order valence-corrected chi connectivity index (χ4v) is 2.84. The van der Waals surface area contributed by atoms with E-state index in [1.165, 1.54) is 0 Å². The minimum absolute atomic E-state index is 0.139. The van der Waals surface area contributed by atoms with Gasteiger partial charge >= 0.3 is 0 Å². The van der Waals surface area contributed by atoms with Gasteiger partial charge in [-0.2, -0.15) is 0 Å². The second kappa shape index (κ2) is 8.86. The van der Waals surface area contributed by atoms with E-state index in [1.54, 1.807) is 36.2 Å². The lowest BCUT2D eigenvalue weighted by atomic mass is 10.1. The molecule has 0 radical (unpaired) electrons. The Balaban J connectivity index is 1.62. The molecule has 5 heteroatoms. The summed E-state index contributed by atoms with van der Waals surface area (Å²) in [4.78, 5) is 26.5. The number of hydrogen-bond donors (Lipinski definition) is 2. The van der Waals surface area contributed by atoms with E-state index in [9.17, 15) is 9.59 Å². The fourth-order valence-electron chi connectivity index (χ4n) is 2.84. The number of para-hydroxylation sites is 1. The van der Waals surface area contributed by atoms with Gasteiger partial charge in [-0.25, -0.2) is 0 Å². The average molecular weight is 373 g/mol. The van der Waals surface area contributed by atoms with Crippen LogP contribution in [-0.2, 0) is 4.79 Å². The van der Waals surface area contributed by atoms with Crippen molar-refractivity contribution in [2.24, 2.45) is 0 Å². The van der Waals surface area contributed by atoms with E-state index in [0.717, 1.165) is 16.9 Å².